The summed E-state index contributed by atoms with van der Waals surface area (Å²) in [7, 11) is 1.68. The highest BCUT2D eigenvalue weighted by Gasteiger charge is 2.53. The van der Waals surface area contributed by atoms with Gasteiger partial charge in [-0.3, -0.25) is 4.79 Å². The number of carbonyl (C=O) groups is 1. The lowest BCUT2D eigenvalue weighted by molar-refractivity contribution is -0.147. The van der Waals surface area contributed by atoms with E-state index in [4.69, 9.17) is 14.2 Å². The summed E-state index contributed by atoms with van der Waals surface area (Å²) < 4.78 is 18.5. The lowest BCUT2D eigenvalue weighted by Crippen LogP contribution is -2.57. The van der Waals surface area contributed by atoms with E-state index in [0.717, 1.165) is 49.4 Å². The van der Waals surface area contributed by atoms with E-state index < -0.39 is 0 Å². The fraction of sp³-hybridized carbons (Fsp3) is 0.524. The van der Waals surface area contributed by atoms with Gasteiger partial charge in [-0.25, -0.2) is 4.98 Å². The van der Waals surface area contributed by atoms with Crippen LogP contribution in [0.15, 0.2) is 29.1 Å². The van der Waals surface area contributed by atoms with E-state index in [-0.39, 0.29) is 17.6 Å². The molecule has 148 valence electrons. The van der Waals surface area contributed by atoms with E-state index in [1.165, 1.54) is 11.3 Å². The highest BCUT2D eigenvalue weighted by molar-refractivity contribution is 7.07. The first-order valence-corrected chi connectivity index (χ1v) is 10.8. The van der Waals surface area contributed by atoms with Crippen molar-refractivity contribution >= 4 is 17.2 Å². The molecular weight excluding hydrogens is 376 g/mol. The number of likely N-dealkylation sites (tertiary alicyclic amines) is 1. The zero-order valence-corrected chi connectivity index (χ0v) is 16.7. The third-order valence-electron chi connectivity index (χ3n) is 6.39. The summed E-state index contributed by atoms with van der Waals surface area (Å²) in [6.07, 6.45) is 3.76. The Bertz CT molecular complexity index is 861. The Labute approximate surface area is 168 Å². The number of rotatable bonds is 2. The Kier molecular flexibility index (Phi) is 4.51. The maximum absolute atomic E-state index is 12.7. The first-order chi connectivity index (χ1) is 13.7. The summed E-state index contributed by atoms with van der Waals surface area (Å²) in [6.45, 7) is 2.12. The number of piperidine rings is 1. The van der Waals surface area contributed by atoms with E-state index >= 15 is 0 Å². The lowest BCUT2D eigenvalue weighted by Gasteiger charge is -2.53. The average molecular weight is 401 g/mol. The number of thiazole rings is 1. The molecule has 3 aliphatic rings. The molecule has 0 unspecified atom stereocenters. The standard InChI is InChI=1S/C21H24N2O4S/c1-25-17-6-2-4-14-18-15(5-3-11-26-18)21(27-19(14)17)7-9-23(10-8-21)20(24)16-12-28-13-22-16/h2,4,6,12-13,15,18H,3,5,7-11H2,1H3/t15-,18+/m0/s1. The van der Waals surface area contributed by atoms with Crippen LogP contribution in [0.25, 0.3) is 0 Å². The van der Waals surface area contributed by atoms with Crippen LogP contribution in [0.1, 0.15) is 47.8 Å². The van der Waals surface area contributed by atoms with Crippen LogP contribution in [0, 0.1) is 5.92 Å². The van der Waals surface area contributed by atoms with E-state index in [9.17, 15) is 4.79 Å². The first kappa shape index (κ1) is 17.9. The number of amides is 1. The van der Waals surface area contributed by atoms with Gasteiger partial charge >= 0.3 is 0 Å². The van der Waals surface area contributed by atoms with Crippen molar-refractivity contribution in [2.45, 2.75) is 37.4 Å². The number of fused-ring (bicyclic) bond motifs is 4. The van der Waals surface area contributed by atoms with Crippen LogP contribution in [0.5, 0.6) is 11.5 Å². The van der Waals surface area contributed by atoms with Crippen molar-refractivity contribution in [3.63, 3.8) is 0 Å². The van der Waals surface area contributed by atoms with Crippen LogP contribution < -0.4 is 9.47 Å². The number of carbonyl (C=O) groups excluding carboxylic acids is 1. The van der Waals surface area contributed by atoms with Gasteiger partial charge in [0.25, 0.3) is 5.91 Å². The van der Waals surface area contributed by atoms with Gasteiger partial charge in [-0.05, 0) is 18.9 Å². The number of hydrogen-bond acceptors (Lipinski definition) is 6. The van der Waals surface area contributed by atoms with Crippen LogP contribution in [-0.2, 0) is 4.74 Å². The number of para-hydroxylation sites is 1. The van der Waals surface area contributed by atoms with Gasteiger partial charge in [-0.15, -0.1) is 11.3 Å². The van der Waals surface area contributed by atoms with Crippen LogP contribution in [0.2, 0.25) is 0 Å². The molecule has 7 heteroatoms. The number of nitrogens with zero attached hydrogens (tertiary/aromatic N) is 2. The van der Waals surface area contributed by atoms with E-state index in [1.807, 2.05) is 22.4 Å². The number of hydrogen-bond donors (Lipinski definition) is 0. The summed E-state index contributed by atoms with van der Waals surface area (Å²) in [4.78, 5) is 18.8. The maximum Gasteiger partial charge on any atom is 0.273 e. The summed E-state index contributed by atoms with van der Waals surface area (Å²) in [6, 6.07) is 6.04. The molecule has 2 saturated heterocycles. The Morgan fingerprint density at radius 1 is 1.36 bits per heavy atom. The Morgan fingerprint density at radius 2 is 2.21 bits per heavy atom. The van der Waals surface area contributed by atoms with Crippen molar-refractivity contribution in [3.05, 3.63) is 40.3 Å². The number of ether oxygens (including phenoxy) is 3. The van der Waals surface area contributed by atoms with Crippen molar-refractivity contribution < 1.29 is 19.0 Å². The molecule has 0 bridgehead atoms. The second-order valence-electron chi connectivity index (χ2n) is 7.75. The molecule has 6 nitrogen and oxygen atoms in total. The zero-order chi connectivity index (χ0) is 19.1. The van der Waals surface area contributed by atoms with Crippen molar-refractivity contribution in [2.24, 2.45) is 5.92 Å². The van der Waals surface area contributed by atoms with E-state index in [0.29, 0.717) is 24.7 Å². The molecule has 4 heterocycles. The van der Waals surface area contributed by atoms with Crippen LogP contribution in [0.4, 0.5) is 0 Å². The maximum atomic E-state index is 12.7. The first-order valence-electron chi connectivity index (χ1n) is 9.87. The van der Waals surface area contributed by atoms with Gasteiger partial charge in [0.15, 0.2) is 11.5 Å². The van der Waals surface area contributed by atoms with Crippen LogP contribution in [0.3, 0.4) is 0 Å². The third kappa shape index (κ3) is 2.79. The van der Waals surface area contributed by atoms with Crippen molar-refractivity contribution in [2.75, 3.05) is 26.8 Å². The topological polar surface area (TPSA) is 60.9 Å². The predicted molar refractivity (Wildman–Crippen MR) is 105 cm³/mol. The lowest BCUT2D eigenvalue weighted by atomic mass is 9.70. The van der Waals surface area contributed by atoms with Gasteiger partial charge in [0, 0.05) is 49.4 Å². The molecule has 2 aromatic rings. The third-order valence-corrected chi connectivity index (χ3v) is 6.97. The molecule has 1 amide bonds. The van der Waals surface area contributed by atoms with Gasteiger partial charge in [-0.2, -0.15) is 0 Å². The van der Waals surface area contributed by atoms with Crippen molar-refractivity contribution in [1.82, 2.24) is 9.88 Å². The van der Waals surface area contributed by atoms with E-state index in [2.05, 4.69) is 11.1 Å². The minimum absolute atomic E-state index is 0.0151. The highest BCUT2D eigenvalue weighted by atomic mass is 32.1. The predicted octanol–water partition coefficient (Wildman–Crippen LogP) is 3.69. The summed E-state index contributed by atoms with van der Waals surface area (Å²) in [5, 5.41) is 1.82. The van der Waals surface area contributed by atoms with Gasteiger partial charge in [0.05, 0.1) is 18.7 Å². The molecule has 28 heavy (non-hydrogen) atoms. The normalized spacial score (nSPS) is 25.5. The molecule has 0 saturated carbocycles. The SMILES string of the molecule is COc1cccc2c1OC1(CCN(C(=O)c3cscn3)CC1)[C@H]1CCCO[C@H]21. The monoisotopic (exact) mass is 400 g/mol. The summed E-state index contributed by atoms with van der Waals surface area (Å²) >= 11 is 1.45. The fourth-order valence-electron chi connectivity index (χ4n) is 4.97. The molecule has 0 radical (unpaired) electrons. The summed E-state index contributed by atoms with van der Waals surface area (Å²) in [5.74, 6) is 1.89. The van der Waals surface area contributed by atoms with Crippen LogP contribution in [-0.4, -0.2) is 48.2 Å². The molecule has 1 aromatic carbocycles. The van der Waals surface area contributed by atoms with Crippen LogP contribution >= 0.6 is 11.3 Å². The molecule has 1 aromatic heterocycles. The highest BCUT2D eigenvalue weighted by Crippen LogP contribution is 2.55. The molecule has 0 N–H and O–H groups in total. The average Bonchev–Trinajstić information content (AvgIpc) is 3.29. The second kappa shape index (κ2) is 7.04. The molecule has 0 aliphatic carbocycles. The zero-order valence-electron chi connectivity index (χ0n) is 15.9. The second-order valence-corrected chi connectivity index (χ2v) is 8.47. The minimum Gasteiger partial charge on any atom is -0.493 e. The molecular formula is C21H24N2O4S. The summed E-state index contributed by atoms with van der Waals surface area (Å²) in [5.41, 5.74) is 3.02. The quantitative estimate of drug-likeness (QED) is 0.770. The largest absolute Gasteiger partial charge is 0.493 e. The van der Waals surface area contributed by atoms with E-state index in [1.54, 1.807) is 12.6 Å². The smallest absolute Gasteiger partial charge is 0.273 e. The molecule has 2 fully saturated rings. The van der Waals surface area contributed by atoms with Gasteiger partial charge in [0.1, 0.15) is 11.3 Å². The van der Waals surface area contributed by atoms with Crippen molar-refractivity contribution in [1.29, 1.82) is 0 Å². The van der Waals surface area contributed by atoms with Crippen molar-refractivity contribution in [3.8, 4) is 11.5 Å². The fourth-order valence-corrected chi connectivity index (χ4v) is 5.50. The van der Waals surface area contributed by atoms with Gasteiger partial charge in [0.2, 0.25) is 0 Å². The number of methoxy groups -OCH3 is 1. The Morgan fingerprint density at radius 3 is 2.96 bits per heavy atom. The molecule has 2 atom stereocenters. The molecule has 1 spiro atoms. The van der Waals surface area contributed by atoms with Gasteiger partial charge < -0.3 is 19.1 Å². The molecule has 3 aliphatic heterocycles. The Hall–Kier alpha value is -2.12. The van der Waals surface area contributed by atoms with Gasteiger partial charge in [-0.1, -0.05) is 12.1 Å². The minimum atomic E-state index is -0.314. The number of aromatic nitrogens is 1. The Balaban J connectivity index is 1.44. The number of benzene rings is 1. The molecule has 5 rings (SSSR count).